The Morgan fingerprint density at radius 3 is 2.79 bits per heavy atom. The zero-order valence-electron chi connectivity index (χ0n) is 13.4. The molecule has 0 saturated heterocycles. The summed E-state index contributed by atoms with van der Waals surface area (Å²) >= 11 is 6.08. The van der Waals surface area contributed by atoms with Crippen molar-refractivity contribution in [2.45, 2.75) is 26.0 Å². The number of amides is 2. The molecule has 0 aromatic heterocycles. The largest absolute Gasteiger partial charge is 0.466 e. The monoisotopic (exact) mass is 344 g/mol. The summed E-state index contributed by atoms with van der Waals surface area (Å²) in [5.41, 5.74) is 0.688. The van der Waals surface area contributed by atoms with Crippen LogP contribution in [0, 0.1) is 6.92 Å². The minimum absolute atomic E-state index is 0.214. The molecular formula is C18H17ClN2O3. The van der Waals surface area contributed by atoms with E-state index >= 15 is 0 Å². The number of carbonyl (C=O) groups is 2. The lowest BCUT2D eigenvalue weighted by atomic mass is 10.0. The summed E-state index contributed by atoms with van der Waals surface area (Å²) in [6, 6.07) is 12.6. The van der Waals surface area contributed by atoms with Crippen LogP contribution in [-0.4, -0.2) is 17.4 Å². The molecule has 0 spiro atoms. The topological polar surface area (TPSA) is 67.4 Å². The van der Waals surface area contributed by atoms with Crippen LogP contribution in [-0.2, 0) is 16.1 Å². The first-order valence-corrected chi connectivity index (χ1v) is 7.91. The second-order valence-corrected chi connectivity index (χ2v) is 6.27. The van der Waals surface area contributed by atoms with E-state index in [-0.39, 0.29) is 6.54 Å². The predicted octanol–water partition coefficient (Wildman–Crippen LogP) is 3.05. The fourth-order valence-corrected chi connectivity index (χ4v) is 2.68. The Balaban J connectivity index is 1.77. The van der Waals surface area contributed by atoms with Crippen molar-refractivity contribution in [1.29, 1.82) is 0 Å². The van der Waals surface area contributed by atoms with Crippen LogP contribution < -0.4 is 15.4 Å². The van der Waals surface area contributed by atoms with Crippen molar-refractivity contribution in [1.82, 2.24) is 5.32 Å². The first kappa shape index (κ1) is 16.3. The first-order valence-electron chi connectivity index (χ1n) is 7.53. The normalized spacial score (nSPS) is 19.0. The summed E-state index contributed by atoms with van der Waals surface area (Å²) in [5.74, 6) is -0.556. The molecule has 1 heterocycles. The van der Waals surface area contributed by atoms with Gasteiger partial charge >= 0.3 is 0 Å². The molecule has 0 bridgehead atoms. The van der Waals surface area contributed by atoms with Crippen LogP contribution in [0.1, 0.15) is 18.1 Å². The van der Waals surface area contributed by atoms with E-state index in [4.69, 9.17) is 16.3 Å². The van der Waals surface area contributed by atoms with Gasteiger partial charge in [-0.2, -0.15) is 0 Å². The number of ether oxygens (including phenoxy) is 1. The Kier molecular flexibility index (Phi) is 4.20. The molecule has 2 aromatic carbocycles. The molecule has 1 aliphatic heterocycles. The van der Waals surface area contributed by atoms with Crippen LogP contribution in [0.25, 0.3) is 0 Å². The molecular weight excluding hydrogens is 328 g/mol. The molecule has 24 heavy (non-hydrogen) atoms. The van der Waals surface area contributed by atoms with E-state index in [0.29, 0.717) is 16.5 Å². The highest BCUT2D eigenvalue weighted by molar-refractivity contribution is 6.31. The van der Waals surface area contributed by atoms with E-state index in [9.17, 15) is 9.59 Å². The van der Waals surface area contributed by atoms with Crippen LogP contribution >= 0.6 is 11.6 Å². The highest BCUT2D eigenvalue weighted by Gasteiger charge is 2.47. The van der Waals surface area contributed by atoms with Crippen molar-refractivity contribution >= 4 is 29.1 Å². The molecule has 2 N–H and O–H groups in total. The van der Waals surface area contributed by atoms with Gasteiger partial charge in [0.15, 0.2) is 0 Å². The van der Waals surface area contributed by atoms with E-state index in [1.54, 1.807) is 18.2 Å². The standard InChI is InChI=1S/C18H17ClN2O3/c1-11-7-8-15-14(9-11)21-17(23)18(2,24-15)16(22)20-10-12-5-3-4-6-13(12)19/h3-9H,10H2,1-2H3,(H,20,22)(H,21,23). The second-order valence-electron chi connectivity index (χ2n) is 5.86. The molecule has 2 aromatic rings. The van der Waals surface area contributed by atoms with Gasteiger partial charge in [0.2, 0.25) is 0 Å². The molecule has 5 nitrogen and oxygen atoms in total. The third-order valence-electron chi connectivity index (χ3n) is 3.96. The third-order valence-corrected chi connectivity index (χ3v) is 4.33. The number of fused-ring (bicyclic) bond motifs is 1. The molecule has 1 unspecified atom stereocenters. The lowest BCUT2D eigenvalue weighted by Crippen LogP contribution is -2.58. The summed E-state index contributed by atoms with van der Waals surface area (Å²) in [7, 11) is 0. The van der Waals surface area contributed by atoms with Gasteiger partial charge in [-0.05, 0) is 43.2 Å². The fraction of sp³-hybridized carbons (Fsp3) is 0.222. The Morgan fingerprint density at radius 2 is 2.04 bits per heavy atom. The molecule has 1 atom stereocenters. The third kappa shape index (κ3) is 2.95. The van der Waals surface area contributed by atoms with Crippen molar-refractivity contribution in [3.05, 3.63) is 58.6 Å². The summed E-state index contributed by atoms with van der Waals surface area (Å²) in [4.78, 5) is 24.9. The number of hydrogen-bond donors (Lipinski definition) is 2. The van der Waals surface area contributed by atoms with Crippen molar-refractivity contribution < 1.29 is 14.3 Å². The number of nitrogens with one attached hydrogen (secondary N) is 2. The van der Waals surface area contributed by atoms with Gasteiger partial charge in [0, 0.05) is 11.6 Å². The number of hydrogen-bond acceptors (Lipinski definition) is 3. The second kappa shape index (κ2) is 6.17. The Bertz CT molecular complexity index is 822. The lowest BCUT2D eigenvalue weighted by molar-refractivity contribution is -0.146. The molecule has 0 saturated carbocycles. The van der Waals surface area contributed by atoms with Gasteiger partial charge in [0.25, 0.3) is 17.4 Å². The number of aryl methyl sites for hydroxylation is 1. The number of rotatable bonds is 3. The van der Waals surface area contributed by atoms with Crippen LogP contribution in [0.15, 0.2) is 42.5 Å². The maximum Gasteiger partial charge on any atom is 0.278 e. The zero-order chi connectivity index (χ0) is 17.3. The number of halogens is 1. The van der Waals surface area contributed by atoms with Crippen molar-refractivity contribution in [2.24, 2.45) is 0 Å². The van der Waals surface area contributed by atoms with Gasteiger partial charge < -0.3 is 15.4 Å². The smallest absolute Gasteiger partial charge is 0.278 e. The van der Waals surface area contributed by atoms with E-state index in [1.165, 1.54) is 6.92 Å². The van der Waals surface area contributed by atoms with Crippen LogP contribution in [0.5, 0.6) is 5.75 Å². The summed E-state index contributed by atoms with van der Waals surface area (Å²) in [6.45, 7) is 3.58. The predicted molar refractivity (Wildman–Crippen MR) is 92.1 cm³/mol. The van der Waals surface area contributed by atoms with E-state index in [0.717, 1.165) is 11.1 Å². The Morgan fingerprint density at radius 1 is 1.29 bits per heavy atom. The van der Waals surface area contributed by atoms with E-state index < -0.39 is 17.4 Å². The van der Waals surface area contributed by atoms with Gasteiger partial charge in [-0.3, -0.25) is 9.59 Å². The highest BCUT2D eigenvalue weighted by Crippen LogP contribution is 2.34. The number of carbonyl (C=O) groups excluding carboxylic acids is 2. The molecule has 124 valence electrons. The summed E-state index contributed by atoms with van der Waals surface area (Å²) in [5, 5.41) is 6.00. The summed E-state index contributed by atoms with van der Waals surface area (Å²) in [6.07, 6.45) is 0. The molecule has 0 fully saturated rings. The molecule has 6 heteroatoms. The molecule has 3 rings (SSSR count). The average molecular weight is 345 g/mol. The lowest BCUT2D eigenvalue weighted by Gasteiger charge is -2.33. The molecule has 0 aliphatic carbocycles. The van der Waals surface area contributed by atoms with Gasteiger partial charge in [-0.15, -0.1) is 0 Å². The Hall–Kier alpha value is -2.53. The average Bonchev–Trinajstić information content (AvgIpc) is 2.55. The highest BCUT2D eigenvalue weighted by atomic mass is 35.5. The number of anilines is 1. The minimum Gasteiger partial charge on any atom is -0.466 e. The van der Waals surface area contributed by atoms with E-state index in [2.05, 4.69) is 10.6 Å². The quantitative estimate of drug-likeness (QED) is 0.841. The van der Waals surface area contributed by atoms with Gasteiger partial charge in [-0.1, -0.05) is 35.9 Å². The first-order chi connectivity index (χ1) is 11.4. The zero-order valence-corrected chi connectivity index (χ0v) is 14.1. The maximum absolute atomic E-state index is 12.6. The fourth-order valence-electron chi connectivity index (χ4n) is 2.47. The van der Waals surface area contributed by atoms with Crippen LogP contribution in [0.4, 0.5) is 5.69 Å². The molecule has 0 radical (unpaired) electrons. The molecule has 2 amide bonds. The van der Waals surface area contributed by atoms with Crippen molar-refractivity contribution in [3.63, 3.8) is 0 Å². The number of benzene rings is 2. The van der Waals surface area contributed by atoms with Crippen molar-refractivity contribution in [2.75, 3.05) is 5.32 Å². The van der Waals surface area contributed by atoms with E-state index in [1.807, 2.05) is 31.2 Å². The SMILES string of the molecule is Cc1ccc2c(c1)NC(=O)C(C)(C(=O)NCc1ccccc1Cl)O2. The van der Waals surface area contributed by atoms with Crippen molar-refractivity contribution in [3.8, 4) is 5.75 Å². The molecule has 1 aliphatic rings. The maximum atomic E-state index is 12.6. The van der Waals surface area contributed by atoms with Gasteiger partial charge in [0.05, 0.1) is 5.69 Å². The van der Waals surface area contributed by atoms with Crippen LogP contribution in [0.3, 0.4) is 0 Å². The van der Waals surface area contributed by atoms with Gasteiger partial charge in [-0.25, -0.2) is 0 Å². The van der Waals surface area contributed by atoms with Crippen LogP contribution in [0.2, 0.25) is 5.02 Å². The summed E-state index contributed by atoms with van der Waals surface area (Å²) < 4.78 is 5.71. The Labute approximate surface area is 145 Å². The van der Waals surface area contributed by atoms with Gasteiger partial charge in [0.1, 0.15) is 5.75 Å². The minimum atomic E-state index is -1.64.